The average molecular weight is 405 g/mol. The standard InChI is InChI=1S/C24H28N4O2/c1-27(18-23(29)25-15-22-13-8-14-30-22)16-20-17-28(21-11-6-3-7-12-21)26-24(20)19-9-4-2-5-10-19/h2-7,9-12,17,22H,8,13-16,18H2,1H3,(H,25,29)/t22-/m0/s1. The van der Waals surface area contributed by atoms with Gasteiger partial charge in [-0.1, -0.05) is 48.5 Å². The van der Waals surface area contributed by atoms with Gasteiger partial charge in [0.1, 0.15) is 0 Å². The van der Waals surface area contributed by atoms with Crippen LogP contribution in [-0.2, 0) is 16.1 Å². The van der Waals surface area contributed by atoms with Crippen LogP contribution >= 0.6 is 0 Å². The molecule has 6 heteroatoms. The van der Waals surface area contributed by atoms with Gasteiger partial charge in [-0.3, -0.25) is 9.69 Å². The van der Waals surface area contributed by atoms with Crippen LogP contribution in [-0.4, -0.2) is 53.4 Å². The van der Waals surface area contributed by atoms with Crippen LogP contribution in [0.5, 0.6) is 0 Å². The third-order valence-corrected chi connectivity index (χ3v) is 5.26. The lowest BCUT2D eigenvalue weighted by Crippen LogP contribution is -2.38. The third kappa shape index (κ3) is 5.14. The second-order valence-electron chi connectivity index (χ2n) is 7.76. The zero-order valence-electron chi connectivity index (χ0n) is 17.3. The number of hydrogen-bond donors (Lipinski definition) is 1. The van der Waals surface area contributed by atoms with E-state index in [-0.39, 0.29) is 12.0 Å². The minimum absolute atomic E-state index is 0.0183. The number of rotatable bonds is 8. The molecule has 2 aromatic carbocycles. The number of likely N-dealkylation sites (N-methyl/N-ethyl adjacent to an activating group) is 1. The summed E-state index contributed by atoms with van der Waals surface area (Å²) in [5, 5.41) is 7.84. The average Bonchev–Trinajstić information content (AvgIpc) is 3.43. The molecule has 1 aromatic heterocycles. The van der Waals surface area contributed by atoms with Crippen molar-refractivity contribution in [2.45, 2.75) is 25.5 Å². The number of hydrogen-bond acceptors (Lipinski definition) is 4. The molecule has 4 rings (SSSR count). The number of aromatic nitrogens is 2. The van der Waals surface area contributed by atoms with E-state index in [4.69, 9.17) is 9.84 Å². The first-order valence-electron chi connectivity index (χ1n) is 10.5. The number of nitrogens with one attached hydrogen (secondary N) is 1. The number of carbonyl (C=O) groups is 1. The summed E-state index contributed by atoms with van der Waals surface area (Å²) >= 11 is 0. The summed E-state index contributed by atoms with van der Waals surface area (Å²) < 4.78 is 7.48. The first-order chi connectivity index (χ1) is 14.7. The van der Waals surface area contributed by atoms with Crippen molar-refractivity contribution >= 4 is 5.91 Å². The molecule has 0 aliphatic carbocycles. The second kappa shape index (κ2) is 9.69. The fourth-order valence-corrected chi connectivity index (χ4v) is 3.76. The third-order valence-electron chi connectivity index (χ3n) is 5.26. The van der Waals surface area contributed by atoms with Crippen LogP contribution in [0.1, 0.15) is 18.4 Å². The Bertz CT molecular complexity index is 950. The summed E-state index contributed by atoms with van der Waals surface area (Å²) in [5.74, 6) is 0.0183. The molecule has 1 N–H and O–H groups in total. The second-order valence-corrected chi connectivity index (χ2v) is 7.76. The highest BCUT2D eigenvalue weighted by molar-refractivity contribution is 5.78. The quantitative estimate of drug-likeness (QED) is 0.626. The Morgan fingerprint density at radius 3 is 2.60 bits per heavy atom. The van der Waals surface area contributed by atoms with Gasteiger partial charge < -0.3 is 10.1 Å². The first-order valence-corrected chi connectivity index (χ1v) is 10.5. The Morgan fingerprint density at radius 1 is 1.17 bits per heavy atom. The van der Waals surface area contributed by atoms with Gasteiger partial charge >= 0.3 is 0 Å². The highest BCUT2D eigenvalue weighted by Crippen LogP contribution is 2.24. The highest BCUT2D eigenvalue weighted by Gasteiger charge is 2.18. The Labute approximate surface area is 177 Å². The smallest absolute Gasteiger partial charge is 0.234 e. The molecule has 0 saturated carbocycles. The monoisotopic (exact) mass is 404 g/mol. The van der Waals surface area contributed by atoms with Crippen molar-refractivity contribution in [3.8, 4) is 16.9 Å². The zero-order valence-corrected chi connectivity index (χ0v) is 17.3. The Balaban J connectivity index is 1.46. The molecular formula is C24H28N4O2. The van der Waals surface area contributed by atoms with Gasteiger partial charge in [0, 0.05) is 37.0 Å². The van der Waals surface area contributed by atoms with Gasteiger partial charge in [0.25, 0.3) is 0 Å². The molecule has 1 saturated heterocycles. The molecule has 0 spiro atoms. The molecule has 3 aromatic rings. The van der Waals surface area contributed by atoms with Crippen molar-refractivity contribution in [2.75, 3.05) is 26.7 Å². The maximum Gasteiger partial charge on any atom is 0.234 e. The van der Waals surface area contributed by atoms with Crippen LogP contribution < -0.4 is 5.32 Å². The van der Waals surface area contributed by atoms with Crippen molar-refractivity contribution in [3.05, 3.63) is 72.4 Å². The molecule has 1 aliphatic heterocycles. The Kier molecular flexibility index (Phi) is 6.57. The minimum atomic E-state index is 0.0183. The highest BCUT2D eigenvalue weighted by atomic mass is 16.5. The number of benzene rings is 2. The molecule has 0 radical (unpaired) electrons. The zero-order chi connectivity index (χ0) is 20.8. The summed E-state index contributed by atoms with van der Waals surface area (Å²) in [4.78, 5) is 14.4. The van der Waals surface area contributed by atoms with Crippen LogP contribution in [0, 0.1) is 0 Å². The van der Waals surface area contributed by atoms with Gasteiger partial charge in [-0.25, -0.2) is 4.68 Å². The van der Waals surface area contributed by atoms with Crippen molar-refractivity contribution in [1.82, 2.24) is 20.0 Å². The molecule has 1 aliphatic rings. The van der Waals surface area contributed by atoms with Gasteiger partial charge in [0.05, 0.1) is 24.0 Å². The first kappa shape index (κ1) is 20.3. The molecule has 156 valence electrons. The van der Waals surface area contributed by atoms with Gasteiger partial charge in [0.15, 0.2) is 0 Å². The van der Waals surface area contributed by atoms with Crippen LogP contribution in [0.25, 0.3) is 16.9 Å². The van der Waals surface area contributed by atoms with Gasteiger partial charge in [0.2, 0.25) is 5.91 Å². The SMILES string of the molecule is CN(CC(=O)NC[C@@H]1CCCO1)Cc1cn(-c2ccccc2)nc1-c1ccccc1. The lowest BCUT2D eigenvalue weighted by molar-refractivity contribution is -0.122. The van der Waals surface area contributed by atoms with E-state index >= 15 is 0 Å². The summed E-state index contributed by atoms with van der Waals surface area (Å²) in [6, 6.07) is 20.2. The summed E-state index contributed by atoms with van der Waals surface area (Å²) in [5.41, 5.74) is 4.10. The van der Waals surface area contributed by atoms with E-state index in [0.717, 1.165) is 42.0 Å². The lowest BCUT2D eigenvalue weighted by Gasteiger charge is -2.17. The fourth-order valence-electron chi connectivity index (χ4n) is 3.76. The molecule has 2 heterocycles. The van der Waals surface area contributed by atoms with E-state index < -0.39 is 0 Å². The summed E-state index contributed by atoms with van der Waals surface area (Å²) in [6.07, 6.45) is 4.31. The number of amides is 1. The molecule has 6 nitrogen and oxygen atoms in total. The summed E-state index contributed by atoms with van der Waals surface area (Å²) in [7, 11) is 1.96. The maximum absolute atomic E-state index is 12.4. The molecule has 1 atom stereocenters. The predicted molar refractivity (Wildman–Crippen MR) is 117 cm³/mol. The Hall–Kier alpha value is -2.96. The predicted octanol–water partition coefficient (Wildman–Crippen LogP) is 3.27. The van der Waals surface area contributed by atoms with Gasteiger partial charge in [-0.05, 0) is 32.0 Å². The topological polar surface area (TPSA) is 59.4 Å². The van der Waals surface area contributed by atoms with Crippen LogP contribution in [0.15, 0.2) is 66.9 Å². The number of nitrogens with zero attached hydrogens (tertiary/aromatic N) is 3. The molecule has 30 heavy (non-hydrogen) atoms. The number of para-hydroxylation sites is 1. The fraction of sp³-hybridized carbons (Fsp3) is 0.333. The van der Waals surface area contributed by atoms with E-state index in [0.29, 0.717) is 19.6 Å². The Morgan fingerprint density at radius 2 is 1.90 bits per heavy atom. The van der Waals surface area contributed by atoms with Gasteiger partial charge in [-0.2, -0.15) is 5.10 Å². The van der Waals surface area contributed by atoms with E-state index in [2.05, 4.69) is 23.6 Å². The van der Waals surface area contributed by atoms with Crippen LogP contribution in [0.4, 0.5) is 0 Å². The number of carbonyl (C=O) groups excluding carboxylic acids is 1. The van der Waals surface area contributed by atoms with Crippen molar-refractivity contribution in [1.29, 1.82) is 0 Å². The molecule has 1 amide bonds. The molecule has 0 unspecified atom stereocenters. The number of ether oxygens (including phenoxy) is 1. The molecular weight excluding hydrogens is 376 g/mol. The minimum Gasteiger partial charge on any atom is -0.376 e. The van der Waals surface area contributed by atoms with E-state index in [9.17, 15) is 4.79 Å². The van der Waals surface area contributed by atoms with Crippen molar-refractivity contribution in [2.24, 2.45) is 0 Å². The molecule has 0 bridgehead atoms. The largest absolute Gasteiger partial charge is 0.376 e. The van der Waals surface area contributed by atoms with E-state index in [1.165, 1.54) is 0 Å². The van der Waals surface area contributed by atoms with E-state index in [1.807, 2.05) is 65.2 Å². The normalized spacial score (nSPS) is 16.1. The van der Waals surface area contributed by atoms with Crippen LogP contribution in [0.3, 0.4) is 0 Å². The van der Waals surface area contributed by atoms with Crippen molar-refractivity contribution < 1.29 is 9.53 Å². The van der Waals surface area contributed by atoms with Crippen molar-refractivity contribution in [3.63, 3.8) is 0 Å². The maximum atomic E-state index is 12.4. The van der Waals surface area contributed by atoms with Gasteiger partial charge in [-0.15, -0.1) is 0 Å². The van der Waals surface area contributed by atoms with Crippen LogP contribution in [0.2, 0.25) is 0 Å². The summed E-state index contributed by atoms with van der Waals surface area (Å²) in [6.45, 7) is 2.35. The van der Waals surface area contributed by atoms with E-state index in [1.54, 1.807) is 0 Å². The molecule has 1 fully saturated rings. The lowest BCUT2D eigenvalue weighted by atomic mass is 10.1.